The number of nitrogens with zero attached hydrogens (tertiary/aromatic N) is 3. The molecule has 0 fully saturated rings. The van der Waals surface area contributed by atoms with Gasteiger partial charge in [0.25, 0.3) is 0 Å². The van der Waals surface area contributed by atoms with E-state index in [2.05, 4.69) is 9.97 Å². The van der Waals surface area contributed by atoms with Crippen LogP contribution in [-0.4, -0.2) is 25.7 Å². The number of aliphatic hydroxyl groups is 1. The minimum absolute atomic E-state index is 0.452. The first-order valence-electron chi connectivity index (χ1n) is 6.63. The Morgan fingerprint density at radius 2 is 2.05 bits per heavy atom. The van der Waals surface area contributed by atoms with Crippen molar-refractivity contribution < 1.29 is 5.11 Å². The zero-order valence-corrected chi connectivity index (χ0v) is 12.4. The SMILES string of the molecule is Cc1nc(CC(O)Cc2nc3ccccc3n2C)cs1. The minimum atomic E-state index is -0.452. The van der Waals surface area contributed by atoms with Crippen molar-refractivity contribution in [3.05, 3.63) is 46.2 Å². The van der Waals surface area contributed by atoms with Crippen LogP contribution in [0.1, 0.15) is 16.5 Å². The van der Waals surface area contributed by atoms with Crippen LogP contribution in [0.5, 0.6) is 0 Å². The first kappa shape index (κ1) is 13.3. The molecule has 0 bridgehead atoms. The molecule has 1 N–H and O–H groups in total. The monoisotopic (exact) mass is 287 g/mol. The minimum Gasteiger partial charge on any atom is -0.392 e. The average Bonchev–Trinajstić information content (AvgIpc) is 2.95. The molecular weight excluding hydrogens is 270 g/mol. The molecule has 3 rings (SSSR count). The molecule has 104 valence electrons. The van der Waals surface area contributed by atoms with Crippen LogP contribution in [0.3, 0.4) is 0 Å². The quantitative estimate of drug-likeness (QED) is 0.802. The number of imidazole rings is 1. The molecule has 1 unspecified atom stereocenters. The van der Waals surface area contributed by atoms with Crippen LogP contribution in [0.25, 0.3) is 11.0 Å². The standard InChI is InChI=1S/C15H17N3OS/c1-10-16-11(9-20-10)7-12(19)8-15-17-13-5-3-4-6-14(13)18(15)2/h3-6,9,12,19H,7-8H2,1-2H3. The van der Waals surface area contributed by atoms with Crippen LogP contribution >= 0.6 is 11.3 Å². The maximum atomic E-state index is 10.2. The Morgan fingerprint density at radius 3 is 2.75 bits per heavy atom. The third kappa shape index (κ3) is 2.59. The van der Waals surface area contributed by atoms with E-state index in [1.807, 2.05) is 48.2 Å². The number of aromatic nitrogens is 3. The van der Waals surface area contributed by atoms with Gasteiger partial charge in [0.15, 0.2) is 0 Å². The highest BCUT2D eigenvalue weighted by atomic mass is 32.1. The molecule has 4 nitrogen and oxygen atoms in total. The van der Waals surface area contributed by atoms with E-state index in [0.29, 0.717) is 12.8 Å². The number of thiazole rings is 1. The summed E-state index contributed by atoms with van der Waals surface area (Å²) in [6.45, 7) is 1.98. The van der Waals surface area contributed by atoms with E-state index in [9.17, 15) is 5.11 Å². The molecule has 2 heterocycles. The Morgan fingerprint density at radius 1 is 1.25 bits per heavy atom. The lowest BCUT2D eigenvalue weighted by atomic mass is 10.1. The number of hydrogen-bond donors (Lipinski definition) is 1. The highest BCUT2D eigenvalue weighted by Crippen LogP contribution is 2.17. The highest BCUT2D eigenvalue weighted by Gasteiger charge is 2.14. The topological polar surface area (TPSA) is 50.9 Å². The third-order valence-corrected chi connectivity index (χ3v) is 4.23. The first-order valence-corrected chi connectivity index (χ1v) is 7.51. The van der Waals surface area contributed by atoms with Gasteiger partial charge in [0.05, 0.1) is 27.8 Å². The smallest absolute Gasteiger partial charge is 0.112 e. The van der Waals surface area contributed by atoms with Crippen LogP contribution in [0, 0.1) is 6.92 Å². The molecule has 0 radical (unpaired) electrons. The summed E-state index contributed by atoms with van der Waals surface area (Å²) in [5, 5.41) is 13.3. The predicted octanol–water partition coefficient (Wildman–Crippen LogP) is 2.48. The molecule has 0 aliphatic rings. The number of para-hydroxylation sites is 2. The summed E-state index contributed by atoms with van der Waals surface area (Å²) in [5.74, 6) is 0.908. The van der Waals surface area contributed by atoms with Crippen molar-refractivity contribution in [2.45, 2.75) is 25.9 Å². The number of aryl methyl sites for hydroxylation is 2. The fourth-order valence-corrected chi connectivity index (χ4v) is 3.03. The summed E-state index contributed by atoms with van der Waals surface area (Å²) in [4.78, 5) is 8.97. The van der Waals surface area contributed by atoms with Crippen molar-refractivity contribution in [1.82, 2.24) is 14.5 Å². The van der Waals surface area contributed by atoms with E-state index in [1.165, 1.54) is 0 Å². The Labute approximate surface area is 121 Å². The lowest BCUT2D eigenvalue weighted by Crippen LogP contribution is -2.16. The van der Waals surface area contributed by atoms with Gasteiger partial charge in [0.1, 0.15) is 5.82 Å². The molecule has 2 aromatic heterocycles. The number of benzene rings is 1. The van der Waals surface area contributed by atoms with Gasteiger partial charge in [0.2, 0.25) is 0 Å². The highest BCUT2D eigenvalue weighted by molar-refractivity contribution is 7.09. The van der Waals surface area contributed by atoms with E-state index in [-0.39, 0.29) is 0 Å². The van der Waals surface area contributed by atoms with Crippen molar-refractivity contribution in [3.63, 3.8) is 0 Å². The van der Waals surface area contributed by atoms with Gasteiger partial charge in [-0.05, 0) is 19.1 Å². The Balaban J connectivity index is 1.77. The van der Waals surface area contributed by atoms with Gasteiger partial charge in [-0.2, -0.15) is 0 Å². The van der Waals surface area contributed by atoms with Gasteiger partial charge in [-0.15, -0.1) is 11.3 Å². The normalized spacial score (nSPS) is 12.9. The van der Waals surface area contributed by atoms with E-state index in [1.54, 1.807) is 11.3 Å². The maximum absolute atomic E-state index is 10.2. The van der Waals surface area contributed by atoms with E-state index in [0.717, 1.165) is 27.6 Å². The zero-order valence-electron chi connectivity index (χ0n) is 11.6. The zero-order chi connectivity index (χ0) is 14.1. The van der Waals surface area contributed by atoms with Gasteiger partial charge in [0, 0.05) is 25.3 Å². The molecule has 1 aromatic carbocycles. The van der Waals surface area contributed by atoms with Crippen molar-refractivity contribution in [2.24, 2.45) is 7.05 Å². The molecule has 0 saturated carbocycles. The van der Waals surface area contributed by atoms with Crippen molar-refractivity contribution in [3.8, 4) is 0 Å². The predicted molar refractivity (Wildman–Crippen MR) is 81.0 cm³/mol. The summed E-state index contributed by atoms with van der Waals surface area (Å²) in [6, 6.07) is 8.02. The molecule has 1 atom stereocenters. The van der Waals surface area contributed by atoms with Gasteiger partial charge < -0.3 is 9.67 Å². The number of aliphatic hydroxyl groups excluding tert-OH is 1. The number of rotatable bonds is 4. The fourth-order valence-electron chi connectivity index (χ4n) is 2.40. The molecule has 5 heteroatoms. The summed E-state index contributed by atoms with van der Waals surface area (Å²) < 4.78 is 2.05. The molecule has 0 aliphatic heterocycles. The fraction of sp³-hybridized carbons (Fsp3) is 0.333. The summed E-state index contributed by atoms with van der Waals surface area (Å²) >= 11 is 1.62. The lowest BCUT2D eigenvalue weighted by molar-refractivity contribution is 0.171. The van der Waals surface area contributed by atoms with Crippen molar-refractivity contribution in [2.75, 3.05) is 0 Å². The molecule has 0 saturated heterocycles. The number of hydrogen-bond acceptors (Lipinski definition) is 4. The Kier molecular flexibility index (Phi) is 3.54. The van der Waals surface area contributed by atoms with Crippen molar-refractivity contribution in [1.29, 1.82) is 0 Å². The number of fused-ring (bicyclic) bond motifs is 1. The summed E-state index contributed by atoms with van der Waals surface area (Å²) in [6.07, 6.45) is 0.668. The van der Waals surface area contributed by atoms with Crippen LogP contribution in [0.2, 0.25) is 0 Å². The molecule has 20 heavy (non-hydrogen) atoms. The lowest BCUT2D eigenvalue weighted by Gasteiger charge is -2.08. The van der Waals surface area contributed by atoms with E-state index >= 15 is 0 Å². The van der Waals surface area contributed by atoms with Crippen LogP contribution in [0.4, 0.5) is 0 Å². The average molecular weight is 287 g/mol. The second kappa shape index (κ2) is 5.34. The Bertz CT molecular complexity index is 732. The second-order valence-electron chi connectivity index (χ2n) is 5.00. The van der Waals surface area contributed by atoms with Gasteiger partial charge in [-0.3, -0.25) is 0 Å². The molecule has 0 amide bonds. The molecular formula is C15H17N3OS. The molecule has 3 aromatic rings. The third-order valence-electron chi connectivity index (χ3n) is 3.41. The van der Waals surface area contributed by atoms with Crippen LogP contribution in [-0.2, 0) is 19.9 Å². The van der Waals surface area contributed by atoms with E-state index in [4.69, 9.17) is 0 Å². The van der Waals surface area contributed by atoms with Crippen LogP contribution in [0.15, 0.2) is 29.6 Å². The largest absolute Gasteiger partial charge is 0.392 e. The van der Waals surface area contributed by atoms with Gasteiger partial charge >= 0.3 is 0 Å². The van der Waals surface area contributed by atoms with E-state index < -0.39 is 6.10 Å². The van der Waals surface area contributed by atoms with Crippen molar-refractivity contribution >= 4 is 22.4 Å². The van der Waals surface area contributed by atoms with Crippen LogP contribution < -0.4 is 0 Å². The van der Waals surface area contributed by atoms with Gasteiger partial charge in [-0.1, -0.05) is 12.1 Å². The Hall–Kier alpha value is -1.72. The maximum Gasteiger partial charge on any atom is 0.112 e. The summed E-state index contributed by atoms with van der Waals surface area (Å²) in [7, 11) is 1.99. The molecule has 0 aliphatic carbocycles. The second-order valence-corrected chi connectivity index (χ2v) is 6.06. The first-order chi connectivity index (χ1) is 9.63. The summed E-state index contributed by atoms with van der Waals surface area (Å²) in [5.41, 5.74) is 3.03. The molecule has 0 spiro atoms. The van der Waals surface area contributed by atoms with Gasteiger partial charge in [-0.25, -0.2) is 9.97 Å².